The third-order valence-electron chi connectivity index (χ3n) is 1.91. The number of carbonyl (C=O) groups excluding carboxylic acids is 1. The van der Waals surface area contributed by atoms with Crippen LogP contribution in [-0.4, -0.2) is 15.8 Å². The van der Waals surface area contributed by atoms with Gasteiger partial charge in [-0.05, 0) is 34.1 Å². The first-order valence-electron chi connectivity index (χ1n) is 4.15. The van der Waals surface area contributed by atoms with Crippen molar-refractivity contribution >= 4 is 33.8 Å². The van der Waals surface area contributed by atoms with Crippen LogP contribution in [0.5, 0.6) is 0 Å². The molecule has 0 saturated heterocycles. The van der Waals surface area contributed by atoms with Gasteiger partial charge in [0, 0.05) is 15.7 Å². The summed E-state index contributed by atoms with van der Waals surface area (Å²) in [6.07, 6.45) is 3.94. The smallest absolute Gasteiger partial charge is 0.170 e. The summed E-state index contributed by atoms with van der Waals surface area (Å²) in [6, 6.07) is 5.42. The van der Waals surface area contributed by atoms with Gasteiger partial charge in [-0.1, -0.05) is 11.6 Å². The minimum absolute atomic E-state index is 0.400. The molecule has 5 heteroatoms. The van der Waals surface area contributed by atoms with Crippen LogP contribution in [0, 0.1) is 0 Å². The van der Waals surface area contributed by atoms with Gasteiger partial charge in [-0.15, -0.1) is 0 Å². The monoisotopic (exact) mass is 284 g/mol. The molecule has 2 rings (SSSR count). The Morgan fingerprint density at radius 1 is 1.47 bits per heavy atom. The number of aldehydes is 1. The number of carbonyl (C=O) groups is 1. The molecule has 0 unspecified atom stereocenters. The van der Waals surface area contributed by atoms with Crippen LogP contribution in [0.4, 0.5) is 0 Å². The molecule has 0 saturated carbocycles. The average molecular weight is 286 g/mol. The summed E-state index contributed by atoms with van der Waals surface area (Å²) in [6.45, 7) is 0. The van der Waals surface area contributed by atoms with Crippen LogP contribution in [-0.2, 0) is 0 Å². The number of nitrogens with zero attached hydrogens (tertiary/aromatic N) is 2. The molecule has 1 aromatic carbocycles. The lowest BCUT2D eigenvalue weighted by molar-refractivity contribution is 0.111. The maximum atomic E-state index is 10.5. The van der Waals surface area contributed by atoms with Gasteiger partial charge >= 0.3 is 0 Å². The standard InChI is InChI=1S/C10H6BrClN2O/c11-9-3-7(12)1-2-10(9)14-4-8(5-15)13-6-14/h1-6H. The zero-order valence-corrected chi connectivity index (χ0v) is 9.86. The van der Waals surface area contributed by atoms with Crippen LogP contribution in [0.3, 0.4) is 0 Å². The van der Waals surface area contributed by atoms with Crippen molar-refractivity contribution in [2.45, 2.75) is 0 Å². The van der Waals surface area contributed by atoms with Gasteiger partial charge in [0.1, 0.15) is 12.0 Å². The van der Waals surface area contributed by atoms with E-state index in [0.717, 1.165) is 10.2 Å². The van der Waals surface area contributed by atoms with E-state index in [1.807, 2.05) is 6.07 Å². The molecule has 3 nitrogen and oxygen atoms in total. The van der Waals surface area contributed by atoms with Crippen molar-refractivity contribution in [2.24, 2.45) is 0 Å². The first kappa shape index (κ1) is 10.4. The Morgan fingerprint density at radius 2 is 2.27 bits per heavy atom. The van der Waals surface area contributed by atoms with Crippen LogP contribution in [0.2, 0.25) is 5.02 Å². The second-order valence-corrected chi connectivity index (χ2v) is 4.21. The highest BCUT2D eigenvalue weighted by molar-refractivity contribution is 9.10. The maximum Gasteiger partial charge on any atom is 0.170 e. The maximum absolute atomic E-state index is 10.5. The highest BCUT2D eigenvalue weighted by Crippen LogP contribution is 2.24. The molecule has 0 bridgehead atoms. The Morgan fingerprint density at radius 3 is 2.87 bits per heavy atom. The van der Waals surface area contributed by atoms with Gasteiger partial charge in [-0.2, -0.15) is 0 Å². The SMILES string of the molecule is O=Cc1cn(-c2ccc(Cl)cc2Br)cn1. The molecule has 0 fully saturated rings. The van der Waals surface area contributed by atoms with Crippen LogP contribution in [0.15, 0.2) is 35.2 Å². The van der Waals surface area contributed by atoms with Crippen molar-refractivity contribution in [3.63, 3.8) is 0 Å². The third kappa shape index (κ3) is 2.11. The molecule has 0 aliphatic carbocycles. The summed E-state index contributed by atoms with van der Waals surface area (Å²) < 4.78 is 2.61. The van der Waals surface area contributed by atoms with E-state index in [2.05, 4.69) is 20.9 Å². The molecule has 0 aliphatic heterocycles. The largest absolute Gasteiger partial charge is 0.304 e. The average Bonchev–Trinajstić information content (AvgIpc) is 2.66. The lowest BCUT2D eigenvalue weighted by atomic mass is 10.3. The van der Waals surface area contributed by atoms with Gasteiger partial charge in [-0.3, -0.25) is 4.79 Å². The quantitative estimate of drug-likeness (QED) is 0.795. The van der Waals surface area contributed by atoms with Crippen molar-refractivity contribution in [1.82, 2.24) is 9.55 Å². The Balaban J connectivity index is 2.49. The molecule has 0 radical (unpaired) electrons. The van der Waals surface area contributed by atoms with Crippen LogP contribution in [0.25, 0.3) is 5.69 Å². The van der Waals surface area contributed by atoms with Gasteiger partial charge in [0.05, 0.1) is 5.69 Å². The molecule has 76 valence electrons. The van der Waals surface area contributed by atoms with Crippen molar-refractivity contribution in [3.05, 3.63) is 45.9 Å². The van der Waals surface area contributed by atoms with Gasteiger partial charge < -0.3 is 4.57 Å². The summed E-state index contributed by atoms with van der Waals surface area (Å²) in [4.78, 5) is 14.4. The molecular weight excluding hydrogens is 279 g/mol. The molecule has 1 heterocycles. The number of benzene rings is 1. The predicted molar refractivity (Wildman–Crippen MR) is 61.7 cm³/mol. The zero-order valence-electron chi connectivity index (χ0n) is 7.52. The van der Waals surface area contributed by atoms with E-state index in [0.29, 0.717) is 17.0 Å². The summed E-state index contributed by atoms with van der Waals surface area (Å²) in [7, 11) is 0. The van der Waals surface area contributed by atoms with Gasteiger partial charge in [0.2, 0.25) is 0 Å². The Bertz CT molecular complexity index is 510. The van der Waals surface area contributed by atoms with Gasteiger partial charge in [-0.25, -0.2) is 4.98 Å². The molecule has 0 aliphatic rings. The first-order chi connectivity index (χ1) is 7.20. The lowest BCUT2D eigenvalue weighted by Crippen LogP contribution is -1.91. The van der Waals surface area contributed by atoms with E-state index in [9.17, 15) is 4.79 Å². The number of hydrogen-bond acceptors (Lipinski definition) is 2. The molecule has 0 atom stereocenters. The topological polar surface area (TPSA) is 34.9 Å². The molecule has 0 amide bonds. The fraction of sp³-hybridized carbons (Fsp3) is 0. The lowest BCUT2D eigenvalue weighted by Gasteiger charge is -2.04. The van der Waals surface area contributed by atoms with Gasteiger partial charge in [0.25, 0.3) is 0 Å². The molecule has 0 N–H and O–H groups in total. The molecule has 0 spiro atoms. The molecule has 1 aromatic heterocycles. The van der Waals surface area contributed by atoms with Crippen molar-refractivity contribution in [3.8, 4) is 5.69 Å². The molecule has 2 aromatic rings. The van der Waals surface area contributed by atoms with Crippen molar-refractivity contribution in [2.75, 3.05) is 0 Å². The molecule has 15 heavy (non-hydrogen) atoms. The summed E-state index contributed by atoms with van der Waals surface area (Å²) in [5, 5.41) is 0.654. The van der Waals surface area contributed by atoms with Crippen LogP contribution >= 0.6 is 27.5 Å². The summed E-state index contributed by atoms with van der Waals surface area (Å²) in [5.41, 5.74) is 1.29. The number of hydrogen-bond donors (Lipinski definition) is 0. The Kier molecular flexibility index (Phi) is 2.88. The molecular formula is C10H6BrClN2O. The fourth-order valence-corrected chi connectivity index (χ4v) is 2.11. The third-order valence-corrected chi connectivity index (χ3v) is 2.78. The number of halogens is 2. The normalized spacial score (nSPS) is 10.3. The number of aromatic nitrogens is 2. The highest BCUT2D eigenvalue weighted by atomic mass is 79.9. The van der Waals surface area contributed by atoms with E-state index in [-0.39, 0.29) is 0 Å². The van der Waals surface area contributed by atoms with E-state index in [1.54, 1.807) is 29.2 Å². The fourth-order valence-electron chi connectivity index (χ4n) is 1.22. The number of rotatable bonds is 2. The second-order valence-electron chi connectivity index (χ2n) is 2.92. The first-order valence-corrected chi connectivity index (χ1v) is 5.32. The Labute approximate surface area is 99.8 Å². The predicted octanol–water partition coefficient (Wildman–Crippen LogP) is 3.10. The van der Waals surface area contributed by atoms with Crippen molar-refractivity contribution in [1.29, 1.82) is 0 Å². The Hall–Kier alpha value is -1.13. The zero-order chi connectivity index (χ0) is 10.8. The van der Waals surface area contributed by atoms with E-state index >= 15 is 0 Å². The van der Waals surface area contributed by atoms with E-state index in [1.165, 1.54) is 0 Å². The second kappa shape index (κ2) is 4.16. The minimum Gasteiger partial charge on any atom is -0.304 e. The van der Waals surface area contributed by atoms with Crippen LogP contribution < -0.4 is 0 Å². The number of imidazole rings is 1. The van der Waals surface area contributed by atoms with Crippen LogP contribution in [0.1, 0.15) is 10.5 Å². The summed E-state index contributed by atoms with van der Waals surface area (Å²) >= 11 is 9.22. The minimum atomic E-state index is 0.400. The highest BCUT2D eigenvalue weighted by Gasteiger charge is 2.04. The van der Waals surface area contributed by atoms with Crippen molar-refractivity contribution < 1.29 is 4.79 Å². The van der Waals surface area contributed by atoms with E-state index in [4.69, 9.17) is 11.6 Å². The van der Waals surface area contributed by atoms with E-state index < -0.39 is 0 Å². The van der Waals surface area contributed by atoms with Gasteiger partial charge in [0.15, 0.2) is 6.29 Å². The summed E-state index contributed by atoms with van der Waals surface area (Å²) in [5.74, 6) is 0.